The van der Waals surface area contributed by atoms with Crippen LogP contribution in [0.3, 0.4) is 0 Å². The lowest BCUT2D eigenvalue weighted by molar-refractivity contribution is -0.126. The zero-order chi connectivity index (χ0) is 20.6. The van der Waals surface area contributed by atoms with E-state index in [0.717, 1.165) is 37.3 Å². The minimum Gasteiger partial charge on any atom is -0.372 e. The average molecular weight is 394 g/mol. The molecule has 29 heavy (non-hydrogen) atoms. The maximum absolute atomic E-state index is 12.5. The first kappa shape index (κ1) is 20.9. The number of carbonyl (C=O) groups is 2. The van der Waals surface area contributed by atoms with Gasteiger partial charge in [-0.15, -0.1) is 0 Å². The Labute approximate surface area is 173 Å². The second kappa shape index (κ2) is 10.1. The first-order chi connectivity index (χ1) is 14.1. The van der Waals surface area contributed by atoms with E-state index in [2.05, 4.69) is 36.2 Å². The van der Waals surface area contributed by atoms with Crippen LogP contribution in [0.4, 0.5) is 11.4 Å². The van der Waals surface area contributed by atoms with Crippen molar-refractivity contribution in [3.63, 3.8) is 0 Å². The Balaban J connectivity index is 1.49. The number of rotatable bonds is 9. The molecule has 2 amide bonds. The summed E-state index contributed by atoms with van der Waals surface area (Å²) < 4.78 is 0. The molecule has 1 saturated heterocycles. The van der Waals surface area contributed by atoms with Gasteiger partial charge < -0.3 is 15.1 Å². The fourth-order valence-electron chi connectivity index (χ4n) is 3.86. The molecule has 1 fully saturated rings. The molecule has 0 aliphatic carbocycles. The molecule has 0 spiro atoms. The monoisotopic (exact) mass is 393 g/mol. The van der Waals surface area contributed by atoms with Crippen LogP contribution in [0.15, 0.2) is 54.6 Å². The summed E-state index contributed by atoms with van der Waals surface area (Å²) in [6, 6.07) is 18.3. The zero-order valence-corrected chi connectivity index (χ0v) is 17.4. The minimum atomic E-state index is -0.276. The van der Waals surface area contributed by atoms with Crippen LogP contribution in [-0.2, 0) is 16.0 Å². The van der Waals surface area contributed by atoms with Gasteiger partial charge in [0.15, 0.2) is 0 Å². The highest BCUT2D eigenvalue weighted by atomic mass is 16.2. The van der Waals surface area contributed by atoms with E-state index in [1.807, 2.05) is 42.5 Å². The first-order valence-corrected chi connectivity index (χ1v) is 10.6. The Morgan fingerprint density at radius 3 is 2.41 bits per heavy atom. The summed E-state index contributed by atoms with van der Waals surface area (Å²) in [7, 11) is 0. The van der Waals surface area contributed by atoms with Gasteiger partial charge in [-0.3, -0.25) is 9.59 Å². The van der Waals surface area contributed by atoms with Crippen LogP contribution in [0.5, 0.6) is 0 Å². The summed E-state index contributed by atoms with van der Waals surface area (Å²) in [6.45, 7) is 7.25. The van der Waals surface area contributed by atoms with E-state index in [9.17, 15) is 9.59 Å². The lowest BCUT2D eigenvalue weighted by Crippen LogP contribution is -2.33. The molecular weight excluding hydrogens is 362 g/mol. The van der Waals surface area contributed by atoms with Crippen LogP contribution >= 0.6 is 0 Å². The van der Waals surface area contributed by atoms with Crippen LogP contribution in [0.2, 0.25) is 0 Å². The van der Waals surface area contributed by atoms with Gasteiger partial charge in [0.2, 0.25) is 11.8 Å². The Kier molecular flexibility index (Phi) is 7.28. The average Bonchev–Trinajstić information content (AvgIpc) is 3.15. The Hall–Kier alpha value is -2.82. The molecule has 1 N–H and O–H groups in total. The SMILES string of the molecule is CCN(CC)c1ccc(N2CC(C(=O)NCCCc3ccccc3)CC2=O)cc1. The summed E-state index contributed by atoms with van der Waals surface area (Å²) in [6.07, 6.45) is 2.12. The standard InChI is InChI=1S/C24H31N3O2/c1-3-26(4-2)21-12-14-22(15-13-21)27-18-20(17-23(27)28)24(29)25-16-8-11-19-9-6-5-7-10-19/h5-7,9-10,12-15,20H,3-4,8,11,16-18H2,1-2H3,(H,25,29). The van der Waals surface area contributed by atoms with E-state index in [4.69, 9.17) is 0 Å². The van der Waals surface area contributed by atoms with Crippen LogP contribution in [0.25, 0.3) is 0 Å². The van der Waals surface area contributed by atoms with Crippen molar-refractivity contribution in [2.45, 2.75) is 33.1 Å². The molecule has 1 heterocycles. The highest BCUT2D eigenvalue weighted by molar-refractivity contribution is 6.00. The van der Waals surface area contributed by atoms with Crippen molar-refractivity contribution >= 4 is 23.2 Å². The third-order valence-electron chi connectivity index (χ3n) is 5.57. The molecule has 2 aromatic rings. The maximum Gasteiger partial charge on any atom is 0.227 e. The number of benzene rings is 2. The molecule has 1 aliphatic rings. The highest BCUT2D eigenvalue weighted by Gasteiger charge is 2.34. The van der Waals surface area contributed by atoms with Crippen LogP contribution in [0, 0.1) is 5.92 Å². The lowest BCUT2D eigenvalue weighted by Gasteiger charge is -2.22. The number of nitrogens with one attached hydrogen (secondary N) is 1. The largest absolute Gasteiger partial charge is 0.372 e. The van der Waals surface area contributed by atoms with Crippen LogP contribution < -0.4 is 15.1 Å². The van der Waals surface area contributed by atoms with Gasteiger partial charge in [0, 0.05) is 44.0 Å². The van der Waals surface area contributed by atoms with E-state index in [1.54, 1.807) is 4.90 Å². The number of aryl methyl sites for hydroxylation is 1. The van der Waals surface area contributed by atoms with E-state index in [1.165, 1.54) is 5.56 Å². The molecule has 1 unspecified atom stereocenters. The second-order valence-corrected chi connectivity index (χ2v) is 7.47. The summed E-state index contributed by atoms with van der Waals surface area (Å²) in [5.74, 6) is -0.277. The number of carbonyl (C=O) groups excluding carboxylic acids is 2. The summed E-state index contributed by atoms with van der Waals surface area (Å²) in [5, 5.41) is 3.00. The molecule has 2 aromatic carbocycles. The Morgan fingerprint density at radius 2 is 1.76 bits per heavy atom. The predicted octanol–water partition coefficient (Wildman–Crippen LogP) is 3.63. The molecule has 3 rings (SSSR count). The van der Waals surface area contributed by atoms with Crippen molar-refractivity contribution in [3.8, 4) is 0 Å². The van der Waals surface area contributed by atoms with Gasteiger partial charge in [0.1, 0.15) is 0 Å². The van der Waals surface area contributed by atoms with Gasteiger partial charge in [-0.25, -0.2) is 0 Å². The van der Waals surface area contributed by atoms with Gasteiger partial charge >= 0.3 is 0 Å². The topological polar surface area (TPSA) is 52.6 Å². The van der Waals surface area contributed by atoms with Gasteiger partial charge in [-0.2, -0.15) is 0 Å². The van der Waals surface area contributed by atoms with Crippen molar-refractivity contribution in [2.75, 3.05) is 36.0 Å². The van der Waals surface area contributed by atoms with Crippen molar-refractivity contribution in [1.29, 1.82) is 0 Å². The summed E-state index contributed by atoms with van der Waals surface area (Å²) >= 11 is 0. The first-order valence-electron chi connectivity index (χ1n) is 10.6. The molecule has 5 heteroatoms. The normalized spacial score (nSPS) is 16.1. The third-order valence-corrected chi connectivity index (χ3v) is 5.57. The summed E-state index contributed by atoms with van der Waals surface area (Å²) in [5.41, 5.74) is 3.29. The molecular formula is C24H31N3O2. The molecule has 0 aromatic heterocycles. The van der Waals surface area contributed by atoms with Crippen molar-refractivity contribution in [2.24, 2.45) is 5.92 Å². The molecule has 1 aliphatic heterocycles. The number of nitrogens with zero attached hydrogens (tertiary/aromatic N) is 2. The van der Waals surface area contributed by atoms with Crippen molar-refractivity contribution in [3.05, 3.63) is 60.2 Å². The van der Waals surface area contributed by atoms with E-state index in [-0.39, 0.29) is 24.2 Å². The Bertz CT molecular complexity index is 801. The van der Waals surface area contributed by atoms with Gasteiger partial charge in [0.25, 0.3) is 0 Å². The van der Waals surface area contributed by atoms with E-state index >= 15 is 0 Å². The summed E-state index contributed by atoms with van der Waals surface area (Å²) in [4.78, 5) is 29.0. The number of amides is 2. The van der Waals surface area contributed by atoms with Crippen LogP contribution in [0.1, 0.15) is 32.3 Å². The predicted molar refractivity (Wildman–Crippen MR) is 118 cm³/mol. The smallest absolute Gasteiger partial charge is 0.227 e. The molecule has 0 radical (unpaired) electrons. The molecule has 0 saturated carbocycles. The zero-order valence-electron chi connectivity index (χ0n) is 17.4. The second-order valence-electron chi connectivity index (χ2n) is 7.47. The highest BCUT2D eigenvalue weighted by Crippen LogP contribution is 2.27. The molecule has 154 valence electrons. The van der Waals surface area contributed by atoms with Gasteiger partial charge in [-0.1, -0.05) is 30.3 Å². The van der Waals surface area contributed by atoms with Crippen molar-refractivity contribution < 1.29 is 9.59 Å². The van der Waals surface area contributed by atoms with E-state index < -0.39 is 0 Å². The fraction of sp³-hybridized carbons (Fsp3) is 0.417. The van der Waals surface area contributed by atoms with Gasteiger partial charge in [0.05, 0.1) is 5.92 Å². The number of hydrogen-bond acceptors (Lipinski definition) is 3. The third kappa shape index (κ3) is 5.37. The Morgan fingerprint density at radius 1 is 1.07 bits per heavy atom. The number of anilines is 2. The van der Waals surface area contributed by atoms with Crippen LogP contribution in [-0.4, -0.2) is 38.0 Å². The maximum atomic E-state index is 12.5. The van der Waals surface area contributed by atoms with E-state index in [0.29, 0.717) is 13.1 Å². The fourth-order valence-corrected chi connectivity index (χ4v) is 3.86. The van der Waals surface area contributed by atoms with Crippen molar-refractivity contribution in [1.82, 2.24) is 5.32 Å². The minimum absolute atomic E-state index is 0.0185. The number of hydrogen-bond donors (Lipinski definition) is 1. The molecule has 0 bridgehead atoms. The quantitative estimate of drug-likeness (QED) is 0.662. The lowest BCUT2D eigenvalue weighted by atomic mass is 10.1. The molecule has 1 atom stereocenters. The van der Waals surface area contributed by atoms with Gasteiger partial charge in [-0.05, 0) is 56.5 Å². The molecule has 5 nitrogen and oxygen atoms in total.